The molecule has 19 heavy (non-hydrogen) atoms. The molecule has 0 heterocycles. The van der Waals surface area contributed by atoms with Gasteiger partial charge in [0.25, 0.3) is 5.91 Å². The number of carbonyl (C=O) groups is 1. The molecule has 1 aromatic rings. The largest absolute Gasteiger partial charge is 0.399 e. The average molecular weight is 265 g/mol. The van der Waals surface area contributed by atoms with E-state index >= 15 is 0 Å². The molecule has 0 aliphatic carbocycles. The number of nitrogen functional groups attached to an aromatic ring is 1. The first-order valence-electron chi connectivity index (χ1n) is 6.17. The van der Waals surface area contributed by atoms with Crippen molar-refractivity contribution >= 4 is 17.3 Å². The Kier molecular flexibility index (Phi) is 4.78. The summed E-state index contributed by atoms with van der Waals surface area (Å²) in [6.07, 6.45) is 0. The number of benzene rings is 1. The molecule has 0 saturated heterocycles. The van der Waals surface area contributed by atoms with Gasteiger partial charge < -0.3 is 20.7 Å². The van der Waals surface area contributed by atoms with Crippen molar-refractivity contribution in [3.8, 4) is 0 Å². The predicted molar refractivity (Wildman–Crippen MR) is 78.6 cm³/mol. The van der Waals surface area contributed by atoms with Gasteiger partial charge in [-0.05, 0) is 32.0 Å². The molecule has 0 atom stereocenters. The van der Waals surface area contributed by atoms with Crippen LogP contribution in [0.25, 0.3) is 0 Å². The van der Waals surface area contributed by atoms with Gasteiger partial charge in [0, 0.05) is 39.1 Å². The third kappa shape index (κ3) is 4.13. The molecule has 0 aromatic heterocycles. The Balaban J connectivity index is 2.90. The molecule has 0 bridgehead atoms. The van der Waals surface area contributed by atoms with Crippen LogP contribution in [-0.2, 0) is 4.74 Å². The number of hydrogen-bond acceptors (Lipinski definition) is 4. The van der Waals surface area contributed by atoms with Gasteiger partial charge >= 0.3 is 0 Å². The number of nitrogens with two attached hydrogens (primary N) is 1. The first-order valence-corrected chi connectivity index (χ1v) is 6.17. The van der Waals surface area contributed by atoms with Crippen LogP contribution in [0.1, 0.15) is 24.2 Å². The maximum Gasteiger partial charge on any atom is 0.253 e. The fourth-order valence-corrected chi connectivity index (χ4v) is 1.59. The minimum Gasteiger partial charge on any atom is -0.399 e. The summed E-state index contributed by atoms with van der Waals surface area (Å²) in [7, 11) is 5.40. The summed E-state index contributed by atoms with van der Waals surface area (Å²) in [6.45, 7) is 4.27. The lowest BCUT2D eigenvalue weighted by Gasteiger charge is -2.24. The van der Waals surface area contributed by atoms with Crippen LogP contribution in [0.2, 0.25) is 0 Å². The van der Waals surface area contributed by atoms with E-state index < -0.39 is 5.60 Å². The minimum absolute atomic E-state index is 0.152. The zero-order valence-electron chi connectivity index (χ0n) is 12.3. The molecule has 0 unspecified atom stereocenters. The molecule has 5 heteroatoms. The number of nitrogens with one attached hydrogen (secondary N) is 1. The van der Waals surface area contributed by atoms with E-state index in [9.17, 15) is 4.79 Å². The third-order valence-electron chi connectivity index (χ3n) is 2.97. The summed E-state index contributed by atoms with van der Waals surface area (Å²) >= 11 is 0. The second kappa shape index (κ2) is 5.93. The summed E-state index contributed by atoms with van der Waals surface area (Å²) in [5.41, 5.74) is 7.33. The Labute approximate surface area is 114 Å². The fraction of sp³-hybridized carbons (Fsp3) is 0.500. The molecule has 106 valence electrons. The number of methoxy groups -OCH3 is 1. The van der Waals surface area contributed by atoms with Crippen LogP contribution in [0.3, 0.4) is 0 Å². The Bertz CT molecular complexity index is 456. The van der Waals surface area contributed by atoms with E-state index in [1.807, 2.05) is 38.9 Å². The molecule has 0 spiro atoms. The monoisotopic (exact) mass is 265 g/mol. The van der Waals surface area contributed by atoms with E-state index in [1.54, 1.807) is 19.2 Å². The summed E-state index contributed by atoms with van der Waals surface area (Å²) in [4.78, 5) is 14.1. The lowest BCUT2D eigenvalue weighted by molar-refractivity contribution is 0.0229. The number of anilines is 2. The van der Waals surface area contributed by atoms with Gasteiger partial charge in [-0.3, -0.25) is 4.79 Å². The topological polar surface area (TPSA) is 67.6 Å². The van der Waals surface area contributed by atoms with Crippen LogP contribution in [-0.4, -0.2) is 39.3 Å². The number of hydrogen-bond donors (Lipinski definition) is 2. The molecule has 1 amide bonds. The van der Waals surface area contributed by atoms with Crippen molar-refractivity contribution in [2.24, 2.45) is 0 Å². The molecule has 0 radical (unpaired) electrons. The Morgan fingerprint density at radius 1 is 1.42 bits per heavy atom. The van der Waals surface area contributed by atoms with E-state index in [0.29, 0.717) is 17.8 Å². The first-order chi connectivity index (χ1) is 8.76. The normalized spacial score (nSPS) is 11.2. The second-order valence-corrected chi connectivity index (χ2v) is 5.32. The molecule has 1 rings (SSSR count). The average Bonchev–Trinajstić information content (AvgIpc) is 2.35. The molecule has 3 N–H and O–H groups in total. The van der Waals surface area contributed by atoms with Crippen molar-refractivity contribution in [3.63, 3.8) is 0 Å². The highest BCUT2D eigenvalue weighted by atomic mass is 16.5. The van der Waals surface area contributed by atoms with Gasteiger partial charge in [-0.25, -0.2) is 0 Å². The number of ether oxygens (including phenoxy) is 1. The fourth-order valence-electron chi connectivity index (χ4n) is 1.59. The van der Waals surface area contributed by atoms with E-state index in [1.165, 1.54) is 0 Å². The molecule has 1 aromatic carbocycles. The van der Waals surface area contributed by atoms with Crippen molar-refractivity contribution < 1.29 is 9.53 Å². The SMILES string of the molecule is COC(C)(C)CNC(=O)c1cc(N)ccc1N(C)C. The zero-order valence-corrected chi connectivity index (χ0v) is 12.3. The van der Waals surface area contributed by atoms with E-state index in [4.69, 9.17) is 10.5 Å². The van der Waals surface area contributed by atoms with Crippen molar-refractivity contribution in [1.29, 1.82) is 0 Å². The molecular weight excluding hydrogens is 242 g/mol. The summed E-state index contributed by atoms with van der Waals surface area (Å²) < 4.78 is 5.28. The minimum atomic E-state index is -0.395. The lowest BCUT2D eigenvalue weighted by Crippen LogP contribution is -2.40. The highest BCUT2D eigenvalue weighted by molar-refractivity contribution is 6.00. The number of nitrogens with zero attached hydrogens (tertiary/aromatic N) is 1. The van der Waals surface area contributed by atoms with Crippen LogP contribution in [0.5, 0.6) is 0 Å². The van der Waals surface area contributed by atoms with E-state index in [2.05, 4.69) is 5.32 Å². The van der Waals surface area contributed by atoms with Gasteiger partial charge in [0.05, 0.1) is 11.2 Å². The predicted octanol–water partition coefficient (Wildman–Crippen LogP) is 1.49. The highest BCUT2D eigenvalue weighted by Crippen LogP contribution is 2.21. The number of amides is 1. The van der Waals surface area contributed by atoms with Gasteiger partial charge in [0.2, 0.25) is 0 Å². The quantitative estimate of drug-likeness (QED) is 0.792. The Morgan fingerprint density at radius 3 is 2.58 bits per heavy atom. The van der Waals surface area contributed by atoms with Gasteiger partial charge in [-0.15, -0.1) is 0 Å². The second-order valence-electron chi connectivity index (χ2n) is 5.32. The molecule has 5 nitrogen and oxygen atoms in total. The highest BCUT2D eigenvalue weighted by Gasteiger charge is 2.19. The summed E-state index contributed by atoms with van der Waals surface area (Å²) in [5, 5.41) is 2.87. The van der Waals surface area contributed by atoms with Crippen LogP contribution < -0.4 is 16.0 Å². The van der Waals surface area contributed by atoms with Gasteiger partial charge in [-0.1, -0.05) is 0 Å². The lowest BCUT2D eigenvalue weighted by atomic mass is 10.1. The Hall–Kier alpha value is -1.75. The molecule has 0 aliphatic rings. The number of rotatable bonds is 5. The summed E-state index contributed by atoms with van der Waals surface area (Å²) in [6, 6.07) is 5.31. The van der Waals surface area contributed by atoms with Crippen molar-refractivity contribution in [1.82, 2.24) is 5.32 Å². The van der Waals surface area contributed by atoms with E-state index in [0.717, 1.165) is 5.69 Å². The molecule has 0 aliphatic heterocycles. The van der Waals surface area contributed by atoms with Crippen molar-refractivity contribution in [3.05, 3.63) is 23.8 Å². The molecular formula is C14H23N3O2. The van der Waals surface area contributed by atoms with Gasteiger partial charge in [-0.2, -0.15) is 0 Å². The standard InChI is InChI=1S/C14H23N3O2/c1-14(2,19-5)9-16-13(18)11-8-10(15)6-7-12(11)17(3)4/h6-8H,9,15H2,1-5H3,(H,16,18). The van der Waals surface area contributed by atoms with Crippen LogP contribution >= 0.6 is 0 Å². The first kappa shape index (κ1) is 15.3. The van der Waals surface area contributed by atoms with Crippen LogP contribution in [0.4, 0.5) is 11.4 Å². The molecule has 0 saturated carbocycles. The van der Waals surface area contributed by atoms with E-state index in [-0.39, 0.29) is 5.91 Å². The van der Waals surface area contributed by atoms with Crippen molar-refractivity contribution in [2.45, 2.75) is 19.4 Å². The maximum atomic E-state index is 12.2. The maximum absolute atomic E-state index is 12.2. The van der Waals surface area contributed by atoms with Crippen molar-refractivity contribution in [2.75, 3.05) is 38.4 Å². The van der Waals surface area contributed by atoms with Gasteiger partial charge in [0.15, 0.2) is 0 Å². The smallest absolute Gasteiger partial charge is 0.253 e. The molecule has 0 fully saturated rings. The van der Waals surface area contributed by atoms with Gasteiger partial charge in [0.1, 0.15) is 0 Å². The summed E-state index contributed by atoms with van der Waals surface area (Å²) in [5.74, 6) is -0.152. The van der Waals surface area contributed by atoms with Crippen LogP contribution in [0.15, 0.2) is 18.2 Å². The Morgan fingerprint density at radius 2 is 2.05 bits per heavy atom. The third-order valence-corrected chi connectivity index (χ3v) is 2.97. The van der Waals surface area contributed by atoms with Crippen LogP contribution in [0, 0.1) is 0 Å². The zero-order chi connectivity index (χ0) is 14.6. The number of carbonyl (C=O) groups excluding carboxylic acids is 1.